The number of nitrogen functional groups attached to an aromatic ring is 2. The molecule has 0 spiro atoms. The number of benzene rings is 2. The van der Waals surface area contributed by atoms with E-state index in [-0.39, 0.29) is 23.2 Å². The molecule has 0 atom stereocenters. The molecule has 0 radical (unpaired) electrons. The van der Waals surface area contributed by atoms with Gasteiger partial charge in [0, 0.05) is 19.2 Å². The lowest BCUT2D eigenvalue weighted by Crippen LogP contribution is -2.40. The van der Waals surface area contributed by atoms with Crippen LogP contribution in [0.1, 0.15) is 23.2 Å². The molecule has 1 aliphatic rings. The Morgan fingerprint density at radius 2 is 1.90 bits per heavy atom. The van der Waals surface area contributed by atoms with Crippen LogP contribution in [0.2, 0.25) is 0 Å². The van der Waals surface area contributed by atoms with Gasteiger partial charge in [-0.1, -0.05) is 6.07 Å². The number of ether oxygens (including phenoxy) is 1. The average molecular weight is 413 g/mol. The summed E-state index contributed by atoms with van der Waals surface area (Å²) < 4.78 is 32.9. The van der Waals surface area contributed by atoms with Crippen LogP contribution in [0.5, 0.6) is 5.75 Å². The summed E-state index contributed by atoms with van der Waals surface area (Å²) in [5.41, 5.74) is 12.1. The fourth-order valence-electron chi connectivity index (χ4n) is 3.66. The summed E-state index contributed by atoms with van der Waals surface area (Å²) in [6.07, 6.45) is 1.41. The Morgan fingerprint density at radius 1 is 1.13 bits per heavy atom. The van der Waals surface area contributed by atoms with E-state index in [2.05, 4.69) is 9.97 Å². The zero-order valence-corrected chi connectivity index (χ0v) is 16.1. The Kier molecular flexibility index (Phi) is 5.35. The first-order chi connectivity index (χ1) is 14.4. The van der Waals surface area contributed by atoms with E-state index < -0.39 is 17.5 Å². The summed E-state index contributed by atoms with van der Waals surface area (Å²) >= 11 is 0. The van der Waals surface area contributed by atoms with Gasteiger partial charge < -0.3 is 21.1 Å². The van der Waals surface area contributed by atoms with E-state index in [1.165, 1.54) is 6.07 Å². The fraction of sp³-hybridized carbons (Fsp3) is 0.286. The van der Waals surface area contributed by atoms with Crippen LogP contribution >= 0.6 is 0 Å². The average Bonchev–Trinajstić information content (AvgIpc) is 2.71. The molecule has 0 unspecified atom stereocenters. The molecular formula is C21H21F2N5O2. The van der Waals surface area contributed by atoms with Crippen LogP contribution in [-0.2, 0) is 0 Å². The van der Waals surface area contributed by atoms with Gasteiger partial charge in [0.1, 0.15) is 23.2 Å². The highest BCUT2D eigenvalue weighted by atomic mass is 19.1. The molecule has 0 bridgehead atoms. The van der Waals surface area contributed by atoms with Crippen molar-refractivity contribution in [3.63, 3.8) is 0 Å². The molecule has 7 nitrogen and oxygen atoms in total. The molecule has 0 aliphatic carbocycles. The molecule has 1 aromatic heterocycles. The summed E-state index contributed by atoms with van der Waals surface area (Å²) in [6.45, 7) is 1.39. The maximum Gasteiger partial charge on any atom is 0.256 e. The van der Waals surface area contributed by atoms with Crippen molar-refractivity contribution in [1.82, 2.24) is 14.9 Å². The topological polar surface area (TPSA) is 107 Å². The third-order valence-electron chi connectivity index (χ3n) is 5.27. The van der Waals surface area contributed by atoms with Crippen molar-refractivity contribution in [2.24, 2.45) is 5.92 Å². The third kappa shape index (κ3) is 3.96. The molecule has 30 heavy (non-hydrogen) atoms. The second-order valence-corrected chi connectivity index (χ2v) is 7.29. The molecule has 3 aromatic rings. The van der Waals surface area contributed by atoms with Crippen molar-refractivity contribution >= 4 is 28.6 Å². The van der Waals surface area contributed by atoms with Crippen molar-refractivity contribution in [2.75, 3.05) is 31.2 Å². The lowest BCUT2D eigenvalue weighted by Gasteiger charge is -2.32. The van der Waals surface area contributed by atoms with E-state index in [0.717, 1.165) is 12.1 Å². The number of fused-ring (bicyclic) bond motifs is 1. The zero-order valence-electron chi connectivity index (χ0n) is 16.1. The monoisotopic (exact) mass is 413 g/mol. The largest absolute Gasteiger partial charge is 0.492 e. The Labute approximate surface area is 171 Å². The number of carbonyl (C=O) groups is 1. The second kappa shape index (κ2) is 8.10. The third-order valence-corrected chi connectivity index (χ3v) is 5.27. The Balaban J connectivity index is 1.38. The van der Waals surface area contributed by atoms with Gasteiger partial charge >= 0.3 is 0 Å². The predicted octanol–water partition coefficient (Wildman–Crippen LogP) is 3.00. The number of halogens is 2. The van der Waals surface area contributed by atoms with Gasteiger partial charge in [-0.3, -0.25) is 4.79 Å². The molecule has 4 N–H and O–H groups in total. The van der Waals surface area contributed by atoms with Crippen LogP contribution < -0.4 is 16.2 Å². The predicted molar refractivity (Wildman–Crippen MR) is 109 cm³/mol. The van der Waals surface area contributed by atoms with Gasteiger partial charge in [0.25, 0.3) is 5.91 Å². The summed E-state index contributed by atoms with van der Waals surface area (Å²) in [4.78, 5) is 22.3. The molecule has 2 heterocycles. The van der Waals surface area contributed by atoms with Gasteiger partial charge in [-0.05, 0) is 43.0 Å². The number of carbonyl (C=O) groups excluding carboxylic acids is 1. The quantitative estimate of drug-likeness (QED) is 0.681. The van der Waals surface area contributed by atoms with Crippen molar-refractivity contribution in [2.45, 2.75) is 12.8 Å². The van der Waals surface area contributed by atoms with Crippen molar-refractivity contribution in [3.8, 4) is 5.75 Å². The number of nitrogens with zero attached hydrogens (tertiary/aromatic N) is 3. The number of hydrogen-bond acceptors (Lipinski definition) is 6. The minimum absolute atomic E-state index is 0.104. The number of likely N-dealkylation sites (tertiary alicyclic amines) is 1. The first-order valence-electron chi connectivity index (χ1n) is 9.61. The van der Waals surface area contributed by atoms with Crippen LogP contribution in [-0.4, -0.2) is 40.5 Å². The zero-order chi connectivity index (χ0) is 21.3. The molecule has 4 rings (SSSR count). The van der Waals surface area contributed by atoms with E-state index in [1.807, 2.05) is 6.07 Å². The van der Waals surface area contributed by atoms with Crippen LogP contribution in [0.15, 0.2) is 36.4 Å². The summed E-state index contributed by atoms with van der Waals surface area (Å²) in [7, 11) is 0. The first kappa shape index (κ1) is 19.8. The molecular weight excluding hydrogens is 392 g/mol. The van der Waals surface area contributed by atoms with Crippen molar-refractivity contribution < 1.29 is 18.3 Å². The Hall–Kier alpha value is -3.49. The SMILES string of the molecule is Nc1nc(N)c2c(OCC3CCN(C(=O)c4ccc(F)cc4F)CC3)cccc2n1. The number of nitrogens with two attached hydrogens (primary N) is 2. The fourth-order valence-corrected chi connectivity index (χ4v) is 3.66. The number of hydrogen-bond donors (Lipinski definition) is 2. The highest BCUT2D eigenvalue weighted by Crippen LogP contribution is 2.30. The minimum atomic E-state index is -0.846. The van der Waals surface area contributed by atoms with E-state index in [4.69, 9.17) is 16.2 Å². The highest BCUT2D eigenvalue weighted by molar-refractivity contribution is 5.95. The standard InChI is InChI=1S/C21H21F2N5O2/c22-13-4-5-14(15(23)10-13)20(29)28-8-6-12(7-9-28)11-30-17-3-1-2-16-18(17)19(24)27-21(25)26-16/h1-5,10,12H,6-9,11H2,(H4,24,25,26,27). The van der Waals surface area contributed by atoms with Crippen molar-refractivity contribution in [3.05, 3.63) is 53.6 Å². The van der Waals surface area contributed by atoms with Gasteiger partial charge in [0.2, 0.25) is 5.95 Å². The first-order valence-corrected chi connectivity index (χ1v) is 9.61. The number of rotatable bonds is 4. The van der Waals surface area contributed by atoms with Gasteiger partial charge in [0.05, 0.1) is 23.1 Å². The molecule has 156 valence electrons. The van der Waals surface area contributed by atoms with Gasteiger partial charge in [-0.2, -0.15) is 4.98 Å². The molecule has 1 fully saturated rings. The van der Waals surface area contributed by atoms with E-state index >= 15 is 0 Å². The van der Waals surface area contributed by atoms with Gasteiger partial charge in [-0.15, -0.1) is 0 Å². The van der Waals surface area contributed by atoms with Crippen LogP contribution in [0.4, 0.5) is 20.5 Å². The Bertz CT molecular complexity index is 1100. The Morgan fingerprint density at radius 3 is 2.63 bits per heavy atom. The molecule has 2 aromatic carbocycles. The highest BCUT2D eigenvalue weighted by Gasteiger charge is 2.26. The second-order valence-electron chi connectivity index (χ2n) is 7.29. The maximum absolute atomic E-state index is 13.9. The van der Waals surface area contributed by atoms with E-state index in [1.54, 1.807) is 17.0 Å². The van der Waals surface area contributed by atoms with Crippen LogP contribution in [0.25, 0.3) is 10.9 Å². The van der Waals surface area contributed by atoms with Gasteiger partial charge in [0.15, 0.2) is 0 Å². The lowest BCUT2D eigenvalue weighted by molar-refractivity contribution is 0.0657. The summed E-state index contributed by atoms with van der Waals surface area (Å²) in [6, 6.07) is 8.39. The maximum atomic E-state index is 13.9. The molecule has 0 saturated carbocycles. The van der Waals surface area contributed by atoms with Crippen LogP contribution in [0.3, 0.4) is 0 Å². The molecule has 1 aliphatic heterocycles. The minimum Gasteiger partial charge on any atom is -0.492 e. The summed E-state index contributed by atoms with van der Waals surface area (Å²) in [5, 5.41) is 0.617. The van der Waals surface area contributed by atoms with Crippen molar-refractivity contribution in [1.29, 1.82) is 0 Å². The smallest absolute Gasteiger partial charge is 0.256 e. The number of amides is 1. The number of anilines is 2. The lowest BCUT2D eigenvalue weighted by atomic mass is 9.97. The molecule has 1 saturated heterocycles. The van der Waals surface area contributed by atoms with E-state index in [0.29, 0.717) is 49.2 Å². The van der Waals surface area contributed by atoms with Gasteiger partial charge in [-0.25, -0.2) is 13.8 Å². The van der Waals surface area contributed by atoms with E-state index in [9.17, 15) is 13.6 Å². The number of piperidine rings is 1. The van der Waals surface area contributed by atoms with Crippen LogP contribution in [0, 0.1) is 17.6 Å². The summed E-state index contributed by atoms with van der Waals surface area (Å²) in [5.74, 6) is -0.816. The molecule has 1 amide bonds. The number of aromatic nitrogens is 2. The molecule has 9 heteroatoms. The normalized spacial score (nSPS) is 14.8.